The number of phenolic OH excluding ortho intramolecular Hbond substituents is 2. The first kappa shape index (κ1) is 18.6. The number of aromatic hydroxyl groups is 2. The summed E-state index contributed by atoms with van der Waals surface area (Å²) in [5, 5.41) is 25.4. The van der Waals surface area contributed by atoms with E-state index in [1.165, 1.54) is 13.2 Å². The SMILES string of the molecule is CCCC1=C(C(=O)OC)C(c2cc(Br)c(O)c(Br)c2O)NC(=O)N1. The lowest BCUT2D eigenvalue weighted by atomic mass is 9.93. The van der Waals surface area contributed by atoms with Crippen molar-refractivity contribution in [1.82, 2.24) is 10.6 Å². The summed E-state index contributed by atoms with van der Waals surface area (Å²) < 4.78 is 5.19. The number of rotatable bonds is 4. The number of amides is 2. The molecule has 2 amide bonds. The van der Waals surface area contributed by atoms with Gasteiger partial charge in [0.1, 0.15) is 16.0 Å². The number of phenols is 2. The number of ether oxygens (including phenoxy) is 1. The van der Waals surface area contributed by atoms with Crippen LogP contribution in [0.1, 0.15) is 31.4 Å². The van der Waals surface area contributed by atoms with Crippen molar-refractivity contribution in [2.45, 2.75) is 25.8 Å². The first-order chi connectivity index (χ1) is 11.3. The van der Waals surface area contributed by atoms with E-state index in [0.717, 1.165) is 0 Å². The third-order valence-electron chi connectivity index (χ3n) is 3.57. The molecule has 0 spiro atoms. The third-order valence-corrected chi connectivity index (χ3v) is 4.92. The number of allylic oxidation sites excluding steroid dienone is 1. The minimum Gasteiger partial charge on any atom is -0.506 e. The molecule has 1 aliphatic rings. The standard InChI is InChI=1S/C15H16Br2N2O5/c1-3-4-8-9(14(22)24-2)11(19-15(23)18-8)6-5-7(16)13(21)10(17)12(6)20/h5,11,20-21H,3-4H2,1-2H3,(H2,18,19,23). The van der Waals surface area contributed by atoms with Gasteiger partial charge in [-0.05, 0) is 44.3 Å². The Morgan fingerprint density at radius 2 is 2.00 bits per heavy atom. The average molecular weight is 464 g/mol. The van der Waals surface area contributed by atoms with Crippen LogP contribution in [0.5, 0.6) is 11.5 Å². The van der Waals surface area contributed by atoms with Gasteiger partial charge in [-0.25, -0.2) is 9.59 Å². The van der Waals surface area contributed by atoms with Crippen LogP contribution in [0.15, 0.2) is 26.3 Å². The molecule has 130 valence electrons. The summed E-state index contributed by atoms with van der Waals surface area (Å²) in [7, 11) is 1.24. The molecule has 1 aliphatic heterocycles. The Morgan fingerprint density at radius 3 is 2.58 bits per heavy atom. The van der Waals surface area contributed by atoms with Crippen molar-refractivity contribution in [1.29, 1.82) is 0 Å². The molecule has 1 heterocycles. The minimum atomic E-state index is -0.916. The fourth-order valence-electron chi connectivity index (χ4n) is 2.49. The van der Waals surface area contributed by atoms with Crippen LogP contribution < -0.4 is 10.6 Å². The molecule has 1 aromatic carbocycles. The smallest absolute Gasteiger partial charge is 0.337 e. The molecule has 0 radical (unpaired) electrons. The lowest BCUT2D eigenvalue weighted by Gasteiger charge is -2.30. The van der Waals surface area contributed by atoms with Crippen molar-refractivity contribution >= 4 is 43.9 Å². The molecule has 0 bridgehead atoms. The Bertz CT molecular complexity index is 733. The normalized spacial score (nSPS) is 17.3. The number of carbonyl (C=O) groups excluding carboxylic acids is 2. The van der Waals surface area contributed by atoms with E-state index in [-0.39, 0.29) is 27.1 Å². The summed E-state index contributed by atoms with van der Waals surface area (Å²) >= 11 is 6.27. The van der Waals surface area contributed by atoms with Crippen LogP contribution >= 0.6 is 31.9 Å². The molecule has 0 fully saturated rings. The molecule has 1 atom stereocenters. The molecule has 7 nitrogen and oxygen atoms in total. The second-order valence-corrected chi connectivity index (χ2v) is 6.77. The highest BCUT2D eigenvalue weighted by molar-refractivity contribution is 9.11. The van der Waals surface area contributed by atoms with Gasteiger partial charge in [-0.15, -0.1) is 0 Å². The Kier molecular flexibility index (Phi) is 5.76. The zero-order valence-electron chi connectivity index (χ0n) is 12.9. The number of nitrogens with one attached hydrogen (secondary N) is 2. The highest BCUT2D eigenvalue weighted by Crippen LogP contribution is 2.45. The Hall–Kier alpha value is -1.74. The van der Waals surface area contributed by atoms with E-state index in [1.807, 2.05) is 6.92 Å². The van der Waals surface area contributed by atoms with E-state index in [1.54, 1.807) is 0 Å². The molecule has 24 heavy (non-hydrogen) atoms. The van der Waals surface area contributed by atoms with E-state index in [4.69, 9.17) is 4.74 Å². The first-order valence-electron chi connectivity index (χ1n) is 7.10. The molecule has 0 aromatic heterocycles. The predicted molar refractivity (Wildman–Crippen MR) is 93.5 cm³/mol. The second kappa shape index (κ2) is 7.43. The van der Waals surface area contributed by atoms with E-state index >= 15 is 0 Å². The highest BCUT2D eigenvalue weighted by Gasteiger charge is 2.35. The maximum absolute atomic E-state index is 12.3. The molecule has 4 N–H and O–H groups in total. The van der Waals surface area contributed by atoms with Gasteiger partial charge in [-0.3, -0.25) is 0 Å². The van der Waals surface area contributed by atoms with E-state index in [9.17, 15) is 19.8 Å². The lowest BCUT2D eigenvalue weighted by Crippen LogP contribution is -2.45. The van der Waals surface area contributed by atoms with Crippen LogP contribution in [0.4, 0.5) is 4.79 Å². The van der Waals surface area contributed by atoms with Gasteiger partial charge in [-0.2, -0.15) is 0 Å². The number of hydrogen-bond donors (Lipinski definition) is 4. The van der Waals surface area contributed by atoms with Crippen molar-refractivity contribution in [3.63, 3.8) is 0 Å². The maximum Gasteiger partial charge on any atom is 0.337 e. The molecule has 9 heteroatoms. The summed E-state index contributed by atoms with van der Waals surface area (Å²) in [6.07, 6.45) is 1.17. The predicted octanol–water partition coefficient (Wildman–Crippen LogP) is 3.20. The summed E-state index contributed by atoms with van der Waals surface area (Å²) in [5.74, 6) is -1.08. The van der Waals surface area contributed by atoms with Crippen molar-refractivity contribution in [2.75, 3.05) is 7.11 Å². The zero-order valence-corrected chi connectivity index (χ0v) is 16.1. The molecule has 1 aromatic rings. The van der Waals surface area contributed by atoms with Gasteiger partial charge in [0.05, 0.1) is 23.2 Å². The van der Waals surface area contributed by atoms with Crippen LogP contribution in [0.3, 0.4) is 0 Å². The van der Waals surface area contributed by atoms with Gasteiger partial charge in [0.15, 0.2) is 0 Å². The first-order valence-corrected chi connectivity index (χ1v) is 8.69. The Balaban J connectivity index is 2.68. The largest absolute Gasteiger partial charge is 0.506 e. The van der Waals surface area contributed by atoms with Gasteiger partial charge in [-0.1, -0.05) is 13.3 Å². The molecular formula is C15H16Br2N2O5. The fraction of sp³-hybridized carbons (Fsp3) is 0.333. The third kappa shape index (κ3) is 3.36. The van der Waals surface area contributed by atoms with Crippen molar-refractivity contribution in [3.05, 3.63) is 31.8 Å². The second-order valence-electron chi connectivity index (χ2n) is 5.12. The Morgan fingerprint density at radius 1 is 1.33 bits per heavy atom. The van der Waals surface area contributed by atoms with Gasteiger partial charge in [0.2, 0.25) is 0 Å². The van der Waals surface area contributed by atoms with Gasteiger partial charge in [0, 0.05) is 11.3 Å². The van der Waals surface area contributed by atoms with Crippen molar-refractivity contribution in [2.24, 2.45) is 0 Å². The van der Waals surface area contributed by atoms with Crippen molar-refractivity contribution in [3.8, 4) is 11.5 Å². The Labute approximate surface area is 155 Å². The van der Waals surface area contributed by atoms with Crippen LogP contribution in [-0.2, 0) is 9.53 Å². The molecule has 0 aliphatic carbocycles. The van der Waals surface area contributed by atoms with E-state index < -0.39 is 18.0 Å². The van der Waals surface area contributed by atoms with Crippen LogP contribution in [-0.4, -0.2) is 29.3 Å². The van der Waals surface area contributed by atoms with Gasteiger partial charge < -0.3 is 25.6 Å². The molecule has 2 rings (SSSR count). The summed E-state index contributed by atoms with van der Waals surface area (Å²) in [6, 6.07) is 0.0369. The van der Waals surface area contributed by atoms with Gasteiger partial charge in [0.25, 0.3) is 0 Å². The molecule has 0 saturated carbocycles. The molecular weight excluding hydrogens is 448 g/mol. The van der Waals surface area contributed by atoms with Crippen LogP contribution in [0.2, 0.25) is 0 Å². The number of hydrogen-bond acceptors (Lipinski definition) is 5. The number of benzene rings is 1. The van der Waals surface area contributed by atoms with Crippen molar-refractivity contribution < 1.29 is 24.5 Å². The number of halogens is 2. The number of carbonyl (C=O) groups is 2. The molecule has 1 unspecified atom stereocenters. The summed E-state index contributed by atoms with van der Waals surface area (Å²) in [4.78, 5) is 24.2. The molecule has 0 saturated heterocycles. The summed E-state index contributed by atoms with van der Waals surface area (Å²) in [5.41, 5.74) is 0.895. The topological polar surface area (TPSA) is 108 Å². The number of esters is 1. The quantitative estimate of drug-likeness (QED) is 0.513. The number of methoxy groups -OCH3 is 1. The summed E-state index contributed by atoms with van der Waals surface area (Å²) in [6.45, 7) is 1.91. The van der Waals surface area contributed by atoms with E-state index in [0.29, 0.717) is 23.0 Å². The van der Waals surface area contributed by atoms with Gasteiger partial charge >= 0.3 is 12.0 Å². The number of urea groups is 1. The zero-order chi connectivity index (χ0) is 18.0. The average Bonchev–Trinajstić information content (AvgIpc) is 2.55. The lowest BCUT2D eigenvalue weighted by molar-refractivity contribution is -0.136. The fourth-order valence-corrected chi connectivity index (χ4v) is 3.64. The van der Waals surface area contributed by atoms with E-state index in [2.05, 4.69) is 42.5 Å². The highest BCUT2D eigenvalue weighted by atomic mass is 79.9. The minimum absolute atomic E-state index is 0.0564. The monoisotopic (exact) mass is 462 g/mol. The maximum atomic E-state index is 12.3. The van der Waals surface area contributed by atoms with Crippen LogP contribution in [0.25, 0.3) is 0 Å². The van der Waals surface area contributed by atoms with Crippen LogP contribution in [0, 0.1) is 0 Å².